The van der Waals surface area contributed by atoms with Crippen molar-refractivity contribution < 1.29 is 19.1 Å². The van der Waals surface area contributed by atoms with E-state index in [4.69, 9.17) is 14.9 Å². The zero-order valence-electron chi connectivity index (χ0n) is 20.4. The van der Waals surface area contributed by atoms with E-state index in [0.29, 0.717) is 47.4 Å². The number of rotatable bonds is 9. The predicted molar refractivity (Wildman–Crippen MR) is 136 cm³/mol. The fourth-order valence-corrected chi connectivity index (χ4v) is 4.15. The molecule has 0 saturated carbocycles. The lowest BCUT2D eigenvalue weighted by atomic mass is 9.95. The summed E-state index contributed by atoms with van der Waals surface area (Å²) in [5.74, 6) is 0.981. The van der Waals surface area contributed by atoms with E-state index in [2.05, 4.69) is 30.8 Å². The quantitative estimate of drug-likeness (QED) is 0.249. The van der Waals surface area contributed by atoms with Gasteiger partial charge in [-0.1, -0.05) is 30.3 Å². The third-order valence-corrected chi connectivity index (χ3v) is 6.03. The number of carbonyl (C=O) groups is 1. The van der Waals surface area contributed by atoms with Crippen LogP contribution in [0.3, 0.4) is 0 Å². The number of ether oxygens (including phenoxy) is 1. The van der Waals surface area contributed by atoms with Crippen LogP contribution in [0.5, 0.6) is 0 Å². The van der Waals surface area contributed by atoms with Crippen molar-refractivity contribution in [2.24, 2.45) is 5.73 Å². The molecule has 11 nitrogen and oxygen atoms in total. The summed E-state index contributed by atoms with van der Waals surface area (Å²) in [6.45, 7) is 3.89. The van der Waals surface area contributed by atoms with Crippen LogP contribution in [0.4, 0.5) is 17.5 Å². The number of nitrogens with zero attached hydrogens (tertiary/aromatic N) is 4. The summed E-state index contributed by atoms with van der Waals surface area (Å²) < 4.78 is 11.2. The van der Waals surface area contributed by atoms with Crippen molar-refractivity contribution in [3.05, 3.63) is 77.3 Å². The number of hydrogen-bond donors (Lipinski definition) is 4. The number of nitrogens with two attached hydrogens (primary N) is 1. The van der Waals surface area contributed by atoms with Crippen LogP contribution < -0.4 is 16.4 Å². The molecule has 190 valence electrons. The predicted octanol–water partition coefficient (Wildman–Crippen LogP) is 3.32. The molecule has 5 rings (SSSR count). The van der Waals surface area contributed by atoms with Crippen LogP contribution in [-0.4, -0.2) is 44.4 Å². The number of anilines is 3. The van der Waals surface area contributed by atoms with Gasteiger partial charge in [0.1, 0.15) is 11.4 Å². The standard InChI is InChI=1S/C26H27N7O4/c1-26(2)19-12-16(8-9-17(19)24(35)37-26)29-25-28-13-18(23-33-32-21(36-23)10-11-27)22(31-25)30-20(14-34)15-6-4-3-5-7-15/h3-9,12-13,20,34H,10-11,14,27H2,1-2H3,(H2,28,29,30,31)/t20-/m1/s1. The molecule has 0 amide bonds. The first-order valence-corrected chi connectivity index (χ1v) is 11.8. The monoisotopic (exact) mass is 501 g/mol. The molecule has 0 bridgehead atoms. The normalized spacial score (nSPS) is 14.6. The topological polar surface area (TPSA) is 161 Å². The summed E-state index contributed by atoms with van der Waals surface area (Å²) >= 11 is 0. The Morgan fingerprint density at radius 1 is 1.11 bits per heavy atom. The molecule has 0 fully saturated rings. The summed E-state index contributed by atoms with van der Waals surface area (Å²) in [6, 6.07) is 14.4. The molecule has 11 heteroatoms. The van der Waals surface area contributed by atoms with Gasteiger partial charge in [-0.05, 0) is 37.6 Å². The fourth-order valence-electron chi connectivity index (χ4n) is 4.15. The van der Waals surface area contributed by atoms with Gasteiger partial charge < -0.3 is 30.6 Å². The van der Waals surface area contributed by atoms with E-state index in [9.17, 15) is 9.90 Å². The van der Waals surface area contributed by atoms with Crippen molar-refractivity contribution in [2.75, 3.05) is 23.8 Å². The molecule has 2 aromatic carbocycles. The van der Waals surface area contributed by atoms with E-state index in [1.165, 1.54) is 0 Å². The van der Waals surface area contributed by atoms with Gasteiger partial charge in [0.15, 0.2) is 0 Å². The minimum atomic E-state index is -0.731. The van der Waals surface area contributed by atoms with E-state index in [1.54, 1.807) is 18.3 Å². The first-order chi connectivity index (χ1) is 17.9. The van der Waals surface area contributed by atoms with Crippen molar-refractivity contribution in [1.82, 2.24) is 20.2 Å². The largest absolute Gasteiger partial charge is 0.451 e. The molecular formula is C26H27N7O4. The van der Waals surface area contributed by atoms with Crippen molar-refractivity contribution in [2.45, 2.75) is 31.9 Å². The maximum atomic E-state index is 12.1. The molecule has 2 aromatic heterocycles. The number of esters is 1. The Morgan fingerprint density at radius 2 is 1.92 bits per heavy atom. The molecule has 1 aliphatic heterocycles. The van der Waals surface area contributed by atoms with E-state index < -0.39 is 11.6 Å². The van der Waals surface area contributed by atoms with Crippen LogP contribution in [0.1, 0.15) is 47.3 Å². The van der Waals surface area contributed by atoms with E-state index in [1.807, 2.05) is 50.2 Å². The van der Waals surface area contributed by atoms with Gasteiger partial charge in [-0.15, -0.1) is 10.2 Å². The van der Waals surface area contributed by atoms with Crippen molar-refractivity contribution in [3.63, 3.8) is 0 Å². The Hall–Kier alpha value is -4.35. The van der Waals surface area contributed by atoms with E-state index in [-0.39, 0.29) is 18.5 Å². The molecule has 1 atom stereocenters. The number of fused-ring (bicyclic) bond motifs is 1. The number of hydrogen-bond acceptors (Lipinski definition) is 11. The van der Waals surface area contributed by atoms with Crippen LogP contribution in [-0.2, 0) is 16.8 Å². The van der Waals surface area contributed by atoms with Gasteiger partial charge in [-0.2, -0.15) is 4.98 Å². The second-order valence-electron chi connectivity index (χ2n) is 9.07. The molecule has 1 aliphatic rings. The van der Waals surface area contributed by atoms with Crippen LogP contribution in [0.15, 0.2) is 59.1 Å². The summed E-state index contributed by atoms with van der Waals surface area (Å²) in [5.41, 5.74) is 8.24. The highest BCUT2D eigenvalue weighted by Crippen LogP contribution is 2.38. The second-order valence-corrected chi connectivity index (χ2v) is 9.07. The van der Waals surface area contributed by atoms with E-state index in [0.717, 1.165) is 11.1 Å². The first-order valence-electron chi connectivity index (χ1n) is 11.8. The lowest BCUT2D eigenvalue weighted by Crippen LogP contribution is -2.17. The Labute approximate surface area is 213 Å². The summed E-state index contributed by atoms with van der Waals surface area (Å²) in [4.78, 5) is 21.2. The third-order valence-electron chi connectivity index (χ3n) is 6.03. The van der Waals surface area contributed by atoms with Crippen LogP contribution in [0.25, 0.3) is 11.5 Å². The van der Waals surface area contributed by atoms with Crippen LogP contribution in [0.2, 0.25) is 0 Å². The average Bonchev–Trinajstić information content (AvgIpc) is 3.44. The van der Waals surface area contributed by atoms with Gasteiger partial charge in [0.2, 0.25) is 11.8 Å². The molecule has 0 spiro atoms. The molecule has 5 N–H and O–H groups in total. The SMILES string of the molecule is CC1(C)OC(=O)c2ccc(Nc3ncc(-c4nnc(CCN)o4)c(N[C@H](CO)c4ccccc4)n3)cc21. The third kappa shape index (κ3) is 4.99. The van der Waals surface area contributed by atoms with Crippen LogP contribution in [0, 0.1) is 0 Å². The van der Waals surface area contributed by atoms with Gasteiger partial charge in [-0.3, -0.25) is 0 Å². The van der Waals surface area contributed by atoms with Crippen molar-refractivity contribution >= 4 is 23.4 Å². The highest BCUT2D eigenvalue weighted by Gasteiger charge is 2.37. The number of aliphatic hydroxyl groups excluding tert-OH is 1. The lowest BCUT2D eigenvalue weighted by Gasteiger charge is -2.20. The maximum Gasteiger partial charge on any atom is 0.339 e. The molecule has 37 heavy (non-hydrogen) atoms. The van der Waals surface area contributed by atoms with Crippen molar-refractivity contribution in [1.29, 1.82) is 0 Å². The van der Waals surface area contributed by atoms with Crippen molar-refractivity contribution in [3.8, 4) is 11.5 Å². The molecule has 3 heterocycles. The molecule has 0 unspecified atom stereocenters. The van der Waals surface area contributed by atoms with Crippen LogP contribution >= 0.6 is 0 Å². The molecule has 0 radical (unpaired) electrons. The zero-order chi connectivity index (χ0) is 26.0. The first kappa shape index (κ1) is 24.3. The highest BCUT2D eigenvalue weighted by molar-refractivity contribution is 5.95. The van der Waals surface area contributed by atoms with Gasteiger partial charge in [0, 0.05) is 30.4 Å². The lowest BCUT2D eigenvalue weighted by molar-refractivity contribution is 0.00954. The van der Waals surface area contributed by atoms with Gasteiger partial charge >= 0.3 is 5.97 Å². The number of cyclic esters (lactones) is 1. The smallest absolute Gasteiger partial charge is 0.339 e. The minimum absolute atomic E-state index is 0.174. The summed E-state index contributed by atoms with van der Waals surface area (Å²) in [5, 5.41) is 24.7. The summed E-state index contributed by atoms with van der Waals surface area (Å²) in [7, 11) is 0. The Balaban J connectivity index is 1.50. The number of carbonyl (C=O) groups excluding carboxylic acids is 1. The molecular weight excluding hydrogens is 474 g/mol. The molecule has 0 saturated heterocycles. The van der Waals surface area contributed by atoms with Gasteiger partial charge in [0.05, 0.1) is 23.8 Å². The van der Waals surface area contributed by atoms with E-state index >= 15 is 0 Å². The minimum Gasteiger partial charge on any atom is -0.451 e. The highest BCUT2D eigenvalue weighted by atomic mass is 16.6. The number of aromatic nitrogens is 4. The average molecular weight is 502 g/mol. The fraction of sp³-hybridized carbons (Fsp3) is 0.269. The van der Waals surface area contributed by atoms with Gasteiger partial charge in [0.25, 0.3) is 5.89 Å². The van der Waals surface area contributed by atoms with Gasteiger partial charge in [-0.25, -0.2) is 9.78 Å². The zero-order valence-corrected chi connectivity index (χ0v) is 20.4. The second kappa shape index (κ2) is 9.96. The Kier molecular flexibility index (Phi) is 6.55. The summed E-state index contributed by atoms with van der Waals surface area (Å²) in [6.07, 6.45) is 2.02. The molecule has 4 aromatic rings. The number of aliphatic hydroxyl groups is 1. The number of benzene rings is 2. The number of nitrogens with one attached hydrogen (secondary N) is 2. The maximum absolute atomic E-state index is 12.1. The Bertz CT molecular complexity index is 1420. The molecule has 0 aliphatic carbocycles. The Morgan fingerprint density at radius 3 is 2.68 bits per heavy atom.